The van der Waals surface area contributed by atoms with Gasteiger partial charge in [0.05, 0.1) is 0 Å². The molecular formula is C17H31NO3. The minimum Gasteiger partial charge on any atom is -0.480 e. The summed E-state index contributed by atoms with van der Waals surface area (Å²) in [7, 11) is 0. The number of allylic oxidation sites excluding steroid dienone is 2. The van der Waals surface area contributed by atoms with Gasteiger partial charge in [0.2, 0.25) is 5.91 Å². The van der Waals surface area contributed by atoms with Crippen molar-refractivity contribution in [1.29, 1.82) is 0 Å². The molecule has 122 valence electrons. The first-order valence-electron chi connectivity index (χ1n) is 8.30. The van der Waals surface area contributed by atoms with Gasteiger partial charge in [-0.2, -0.15) is 0 Å². The molecule has 4 nitrogen and oxygen atoms in total. The van der Waals surface area contributed by atoms with E-state index in [2.05, 4.69) is 24.4 Å². The summed E-state index contributed by atoms with van der Waals surface area (Å²) in [6.07, 6.45) is 16.7. The molecule has 0 fully saturated rings. The van der Waals surface area contributed by atoms with Crippen molar-refractivity contribution in [2.75, 3.05) is 6.54 Å². The van der Waals surface area contributed by atoms with E-state index in [1.807, 2.05) is 0 Å². The highest BCUT2D eigenvalue weighted by Crippen LogP contribution is 2.08. The van der Waals surface area contributed by atoms with Crippen LogP contribution in [0.2, 0.25) is 0 Å². The van der Waals surface area contributed by atoms with Crippen molar-refractivity contribution in [2.45, 2.75) is 77.6 Å². The molecular weight excluding hydrogens is 266 g/mol. The fourth-order valence-corrected chi connectivity index (χ4v) is 2.09. The molecule has 0 radical (unpaired) electrons. The van der Waals surface area contributed by atoms with E-state index in [0.717, 1.165) is 25.7 Å². The zero-order valence-corrected chi connectivity index (χ0v) is 13.4. The topological polar surface area (TPSA) is 66.4 Å². The molecule has 0 unspecified atom stereocenters. The van der Waals surface area contributed by atoms with E-state index in [1.54, 1.807) is 0 Å². The number of carbonyl (C=O) groups excluding carboxylic acids is 1. The van der Waals surface area contributed by atoms with Crippen LogP contribution in [-0.2, 0) is 9.59 Å². The molecule has 0 aromatic carbocycles. The molecule has 0 saturated carbocycles. The van der Waals surface area contributed by atoms with Gasteiger partial charge in [-0.1, -0.05) is 51.2 Å². The molecule has 0 aliphatic heterocycles. The number of hydrogen-bond acceptors (Lipinski definition) is 2. The summed E-state index contributed by atoms with van der Waals surface area (Å²) in [5.41, 5.74) is 0. The molecule has 0 aromatic rings. The van der Waals surface area contributed by atoms with E-state index in [4.69, 9.17) is 5.11 Å². The lowest BCUT2D eigenvalue weighted by Crippen LogP contribution is -2.28. The number of carboxylic acids is 1. The Morgan fingerprint density at radius 2 is 1.48 bits per heavy atom. The van der Waals surface area contributed by atoms with E-state index < -0.39 is 5.97 Å². The number of amides is 1. The Balaban J connectivity index is 3.21. The highest BCUT2D eigenvalue weighted by Gasteiger charge is 2.02. The molecule has 0 heterocycles. The largest absolute Gasteiger partial charge is 0.480 e. The van der Waals surface area contributed by atoms with Gasteiger partial charge in [-0.15, -0.1) is 0 Å². The first-order valence-corrected chi connectivity index (χ1v) is 8.30. The van der Waals surface area contributed by atoms with Crippen molar-refractivity contribution >= 4 is 11.9 Å². The van der Waals surface area contributed by atoms with Gasteiger partial charge in [0.25, 0.3) is 0 Å². The zero-order chi connectivity index (χ0) is 15.8. The van der Waals surface area contributed by atoms with E-state index in [1.165, 1.54) is 38.5 Å². The molecule has 2 N–H and O–H groups in total. The number of hydrogen-bond donors (Lipinski definition) is 2. The van der Waals surface area contributed by atoms with Gasteiger partial charge in [-0.3, -0.25) is 9.59 Å². The SMILES string of the molecule is CCCCC/C=C\CCCCCCCC(=O)NCC(=O)O. The number of nitrogens with one attached hydrogen (secondary N) is 1. The maximum atomic E-state index is 11.2. The Morgan fingerprint density at radius 1 is 0.905 bits per heavy atom. The lowest BCUT2D eigenvalue weighted by molar-refractivity contribution is -0.137. The Bertz CT molecular complexity index is 300. The summed E-state index contributed by atoms with van der Waals surface area (Å²) in [6, 6.07) is 0. The summed E-state index contributed by atoms with van der Waals surface area (Å²) in [5, 5.41) is 10.8. The summed E-state index contributed by atoms with van der Waals surface area (Å²) in [6.45, 7) is 1.95. The van der Waals surface area contributed by atoms with Crippen LogP contribution < -0.4 is 5.32 Å². The number of carbonyl (C=O) groups is 2. The van der Waals surface area contributed by atoms with E-state index in [0.29, 0.717) is 6.42 Å². The molecule has 0 rings (SSSR count). The Labute approximate surface area is 129 Å². The molecule has 0 saturated heterocycles. The lowest BCUT2D eigenvalue weighted by atomic mass is 10.1. The Morgan fingerprint density at radius 3 is 2.10 bits per heavy atom. The van der Waals surface area contributed by atoms with Gasteiger partial charge < -0.3 is 10.4 Å². The Hall–Kier alpha value is -1.32. The van der Waals surface area contributed by atoms with Crippen LogP contribution in [0.15, 0.2) is 12.2 Å². The van der Waals surface area contributed by atoms with Crippen molar-refractivity contribution in [3.8, 4) is 0 Å². The van der Waals surface area contributed by atoms with Gasteiger partial charge in [0.15, 0.2) is 0 Å². The molecule has 4 heteroatoms. The second-order valence-electron chi connectivity index (χ2n) is 5.44. The van der Waals surface area contributed by atoms with Crippen LogP contribution in [-0.4, -0.2) is 23.5 Å². The third kappa shape index (κ3) is 16.6. The molecule has 0 bridgehead atoms. The standard InChI is InChI=1S/C17H31NO3/c1-2-3-4-5-6-7-8-9-10-11-12-13-14-16(19)18-15-17(20)21/h6-7H,2-5,8-15H2,1H3,(H,18,19)(H,20,21)/b7-6-. The first-order chi connectivity index (χ1) is 10.2. The van der Waals surface area contributed by atoms with Crippen LogP contribution in [0.3, 0.4) is 0 Å². The molecule has 0 atom stereocenters. The number of rotatable bonds is 14. The van der Waals surface area contributed by atoms with E-state index in [9.17, 15) is 9.59 Å². The molecule has 0 aliphatic carbocycles. The minimum atomic E-state index is -0.994. The summed E-state index contributed by atoms with van der Waals surface area (Å²) in [4.78, 5) is 21.5. The smallest absolute Gasteiger partial charge is 0.322 e. The van der Waals surface area contributed by atoms with Crippen molar-refractivity contribution in [3.05, 3.63) is 12.2 Å². The van der Waals surface area contributed by atoms with Crippen LogP contribution >= 0.6 is 0 Å². The van der Waals surface area contributed by atoms with Crippen molar-refractivity contribution in [3.63, 3.8) is 0 Å². The average molecular weight is 297 g/mol. The fraction of sp³-hybridized carbons (Fsp3) is 0.765. The maximum Gasteiger partial charge on any atom is 0.322 e. The minimum absolute atomic E-state index is 0.160. The first kappa shape index (κ1) is 19.7. The summed E-state index contributed by atoms with van der Waals surface area (Å²) >= 11 is 0. The van der Waals surface area contributed by atoms with E-state index in [-0.39, 0.29) is 12.5 Å². The van der Waals surface area contributed by atoms with E-state index >= 15 is 0 Å². The predicted molar refractivity (Wildman–Crippen MR) is 86.2 cm³/mol. The number of carboxylic acid groups (broad SMARTS) is 1. The van der Waals surface area contributed by atoms with Crippen LogP contribution in [0.4, 0.5) is 0 Å². The monoisotopic (exact) mass is 297 g/mol. The van der Waals surface area contributed by atoms with Crippen molar-refractivity contribution < 1.29 is 14.7 Å². The summed E-state index contributed by atoms with van der Waals surface area (Å²) in [5.74, 6) is -1.15. The van der Waals surface area contributed by atoms with Gasteiger partial charge in [-0.05, 0) is 32.1 Å². The van der Waals surface area contributed by atoms with Crippen LogP contribution in [0.1, 0.15) is 77.6 Å². The van der Waals surface area contributed by atoms with Crippen LogP contribution in [0.25, 0.3) is 0 Å². The molecule has 21 heavy (non-hydrogen) atoms. The number of unbranched alkanes of at least 4 members (excludes halogenated alkanes) is 8. The predicted octanol–water partition coefficient (Wildman–Crippen LogP) is 4.05. The zero-order valence-electron chi connectivity index (χ0n) is 13.4. The quantitative estimate of drug-likeness (QED) is 0.375. The normalized spacial score (nSPS) is 10.9. The van der Waals surface area contributed by atoms with Crippen LogP contribution in [0.5, 0.6) is 0 Å². The molecule has 0 aliphatic rings. The highest BCUT2D eigenvalue weighted by molar-refractivity contribution is 5.80. The maximum absolute atomic E-state index is 11.2. The third-order valence-corrected chi connectivity index (χ3v) is 3.35. The summed E-state index contributed by atoms with van der Waals surface area (Å²) < 4.78 is 0. The van der Waals surface area contributed by atoms with Gasteiger partial charge in [0.1, 0.15) is 6.54 Å². The third-order valence-electron chi connectivity index (χ3n) is 3.35. The lowest BCUT2D eigenvalue weighted by Gasteiger charge is -2.02. The molecule has 0 aromatic heterocycles. The van der Waals surface area contributed by atoms with Gasteiger partial charge in [0, 0.05) is 6.42 Å². The number of aliphatic carboxylic acids is 1. The second-order valence-corrected chi connectivity index (χ2v) is 5.44. The second kappa shape index (κ2) is 15.1. The average Bonchev–Trinajstić information content (AvgIpc) is 2.46. The Kier molecular flexibility index (Phi) is 14.1. The van der Waals surface area contributed by atoms with Crippen molar-refractivity contribution in [2.24, 2.45) is 0 Å². The van der Waals surface area contributed by atoms with Crippen molar-refractivity contribution in [1.82, 2.24) is 5.32 Å². The highest BCUT2D eigenvalue weighted by atomic mass is 16.4. The molecule has 1 amide bonds. The van der Waals surface area contributed by atoms with Gasteiger partial charge >= 0.3 is 5.97 Å². The fourth-order valence-electron chi connectivity index (χ4n) is 2.09. The molecule has 0 spiro atoms. The van der Waals surface area contributed by atoms with Crippen LogP contribution in [0, 0.1) is 0 Å². The van der Waals surface area contributed by atoms with Gasteiger partial charge in [-0.25, -0.2) is 0 Å².